The Hall–Kier alpha value is -0.875. The van der Waals surface area contributed by atoms with E-state index in [1.165, 1.54) is 5.46 Å². The Bertz CT molecular complexity index is 313. The molecule has 2 rings (SSSR count). The molecule has 0 radical (unpaired) electrons. The van der Waals surface area contributed by atoms with Crippen molar-refractivity contribution >= 4 is 12.9 Å². The number of nitrogens with zero attached hydrogens (tertiary/aromatic N) is 2. The molecule has 0 atom stereocenters. The maximum atomic E-state index is 9.02. The van der Waals surface area contributed by atoms with Gasteiger partial charge in [-0.3, -0.25) is 4.90 Å². The molecular formula is C11H17BN2O2. The van der Waals surface area contributed by atoms with Crippen LogP contribution in [0.1, 0.15) is 0 Å². The highest BCUT2D eigenvalue weighted by molar-refractivity contribution is 6.50. The minimum absolute atomic E-state index is 0.713. The van der Waals surface area contributed by atoms with Crippen LogP contribution in [-0.4, -0.2) is 59.9 Å². The van der Waals surface area contributed by atoms with Crippen LogP contribution in [0.5, 0.6) is 0 Å². The van der Waals surface area contributed by atoms with E-state index in [-0.39, 0.29) is 0 Å². The Labute approximate surface area is 96.4 Å². The summed E-state index contributed by atoms with van der Waals surface area (Å²) in [5.41, 5.74) is 1.31. The Balaban J connectivity index is 1.82. The van der Waals surface area contributed by atoms with Gasteiger partial charge in [-0.2, -0.15) is 0 Å². The number of benzene rings is 1. The van der Waals surface area contributed by atoms with Gasteiger partial charge in [-0.1, -0.05) is 35.8 Å². The zero-order valence-corrected chi connectivity index (χ0v) is 9.29. The molecule has 1 aromatic carbocycles. The standard InChI is InChI=1S/C11H17BN2O2/c15-11(16)13-6-8-14(9-7-13)12-10-4-2-1-3-5-10/h1-5,11-12,15-16H,6-9H2. The van der Waals surface area contributed by atoms with Crippen LogP contribution in [0.2, 0.25) is 0 Å². The van der Waals surface area contributed by atoms with Crippen molar-refractivity contribution in [3.63, 3.8) is 0 Å². The van der Waals surface area contributed by atoms with Crippen LogP contribution in [-0.2, 0) is 0 Å². The molecule has 1 fully saturated rings. The molecule has 0 unspecified atom stereocenters. The first kappa shape index (κ1) is 11.6. The summed E-state index contributed by atoms with van der Waals surface area (Å²) in [6, 6.07) is 10.3. The Morgan fingerprint density at radius 3 is 2.19 bits per heavy atom. The minimum Gasteiger partial charge on any atom is -0.356 e. The topological polar surface area (TPSA) is 46.9 Å². The molecule has 1 heterocycles. The quantitative estimate of drug-likeness (QED) is 0.483. The first-order valence-electron chi connectivity index (χ1n) is 5.62. The van der Waals surface area contributed by atoms with E-state index < -0.39 is 6.41 Å². The van der Waals surface area contributed by atoms with Crippen molar-refractivity contribution in [2.24, 2.45) is 0 Å². The molecule has 1 aliphatic heterocycles. The van der Waals surface area contributed by atoms with Gasteiger partial charge in [0.2, 0.25) is 13.8 Å². The SMILES string of the molecule is OC(O)N1CCN(Bc2ccccc2)CC1. The molecule has 0 amide bonds. The zero-order chi connectivity index (χ0) is 11.4. The van der Waals surface area contributed by atoms with Gasteiger partial charge in [0.15, 0.2) is 0 Å². The Morgan fingerprint density at radius 1 is 1.00 bits per heavy atom. The van der Waals surface area contributed by atoms with Gasteiger partial charge in [-0.25, -0.2) is 0 Å². The van der Waals surface area contributed by atoms with Gasteiger partial charge in [0, 0.05) is 26.2 Å². The highest BCUT2D eigenvalue weighted by Crippen LogP contribution is 2.01. The second-order valence-corrected chi connectivity index (χ2v) is 4.14. The molecule has 0 bridgehead atoms. The summed E-state index contributed by atoms with van der Waals surface area (Å²) in [7, 11) is 0.941. The van der Waals surface area contributed by atoms with E-state index in [1.807, 2.05) is 18.2 Å². The summed E-state index contributed by atoms with van der Waals surface area (Å²) in [6.45, 7) is 3.19. The molecule has 16 heavy (non-hydrogen) atoms. The molecule has 5 heteroatoms. The lowest BCUT2D eigenvalue weighted by atomic mass is 9.80. The van der Waals surface area contributed by atoms with Crippen molar-refractivity contribution in [3.05, 3.63) is 30.3 Å². The van der Waals surface area contributed by atoms with E-state index in [0.717, 1.165) is 20.5 Å². The van der Waals surface area contributed by atoms with E-state index in [9.17, 15) is 0 Å². The van der Waals surface area contributed by atoms with Gasteiger partial charge in [0.25, 0.3) is 0 Å². The molecule has 4 nitrogen and oxygen atoms in total. The Kier molecular flexibility index (Phi) is 3.95. The number of aliphatic hydroxyl groups is 2. The van der Waals surface area contributed by atoms with Gasteiger partial charge in [0.1, 0.15) is 0 Å². The van der Waals surface area contributed by atoms with E-state index in [0.29, 0.717) is 13.1 Å². The molecule has 1 saturated heterocycles. The zero-order valence-electron chi connectivity index (χ0n) is 9.29. The number of aliphatic hydroxyl groups excluding tert-OH is 1. The summed E-state index contributed by atoms with van der Waals surface area (Å²) in [6.07, 6.45) is -1.31. The van der Waals surface area contributed by atoms with Gasteiger partial charge < -0.3 is 15.0 Å². The van der Waals surface area contributed by atoms with Gasteiger partial charge in [-0.15, -0.1) is 0 Å². The van der Waals surface area contributed by atoms with Crippen molar-refractivity contribution in [3.8, 4) is 0 Å². The second kappa shape index (κ2) is 5.45. The van der Waals surface area contributed by atoms with Crippen molar-refractivity contribution < 1.29 is 10.2 Å². The summed E-state index contributed by atoms with van der Waals surface area (Å²) in [5.74, 6) is 0. The maximum Gasteiger partial charge on any atom is 0.238 e. The minimum atomic E-state index is -1.31. The van der Waals surface area contributed by atoms with Crippen LogP contribution in [0.4, 0.5) is 0 Å². The van der Waals surface area contributed by atoms with Gasteiger partial charge >= 0.3 is 0 Å². The Morgan fingerprint density at radius 2 is 1.62 bits per heavy atom. The summed E-state index contributed by atoms with van der Waals surface area (Å²) in [4.78, 5) is 4.00. The molecule has 0 aromatic heterocycles. The third-order valence-corrected chi connectivity index (χ3v) is 2.98. The molecular weight excluding hydrogens is 203 g/mol. The van der Waals surface area contributed by atoms with Crippen molar-refractivity contribution in [1.29, 1.82) is 0 Å². The summed E-state index contributed by atoms with van der Waals surface area (Å²) < 4.78 is 0. The molecule has 1 aliphatic rings. The van der Waals surface area contributed by atoms with Gasteiger partial charge in [-0.05, 0) is 0 Å². The largest absolute Gasteiger partial charge is 0.356 e. The van der Waals surface area contributed by atoms with Crippen LogP contribution in [0.25, 0.3) is 0 Å². The summed E-state index contributed by atoms with van der Waals surface area (Å²) >= 11 is 0. The monoisotopic (exact) mass is 220 g/mol. The average Bonchev–Trinajstić information content (AvgIpc) is 2.31. The fraction of sp³-hybridized carbons (Fsp3) is 0.455. The van der Waals surface area contributed by atoms with Crippen LogP contribution >= 0.6 is 0 Å². The normalized spacial score (nSPS) is 18.9. The van der Waals surface area contributed by atoms with Crippen molar-refractivity contribution in [2.75, 3.05) is 26.2 Å². The molecule has 2 N–H and O–H groups in total. The van der Waals surface area contributed by atoms with Gasteiger partial charge in [0.05, 0.1) is 0 Å². The lowest BCUT2D eigenvalue weighted by Crippen LogP contribution is -2.53. The van der Waals surface area contributed by atoms with Crippen LogP contribution in [0, 0.1) is 0 Å². The molecule has 0 saturated carbocycles. The maximum absolute atomic E-state index is 9.02. The van der Waals surface area contributed by atoms with Crippen LogP contribution in [0.3, 0.4) is 0 Å². The average molecular weight is 220 g/mol. The highest BCUT2D eigenvalue weighted by Gasteiger charge is 2.20. The fourth-order valence-electron chi connectivity index (χ4n) is 1.99. The third kappa shape index (κ3) is 3.06. The van der Waals surface area contributed by atoms with E-state index >= 15 is 0 Å². The first-order valence-corrected chi connectivity index (χ1v) is 5.62. The van der Waals surface area contributed by atoms with E-state index in [2.05, 4.69) is 16.9 Å². The number of piperazine rings is 1. The molecule has 0 spiro atoms. The van der Waals surface area contributed by atoms with Crippen molar-refractivity contribution in [2.45, 2.75) is 6.41 Å². The first-order chi connectivity index (χ1) is 7.75. The summed E-state index contributed by atoms with van der Waals surface area (Å²) in [5, 5.41) is 18.0. The smallest absolute Gasteiger partial charge is 0.238 e. The fourth-order valence-corrected chi connectivity index (χ4v) is 1.99. The van der Waals surface area contributed by atoms with E-state index in [4.69, 9.17) is 10.2 Å². The number of hydrogen-bond donors (Lipinski definition) is 2. The second-order valence-electron chi connectivity index (χ2n) is 4.14. The molecule has 1 aromatic rings. The molecule has 0 aliphatic carbocycles. The predicted octanol–water partition coefficient (Wildman–Crippen LogP) is -1.45. The highest BCUT2D eigenvalue weighted by atomic mass is 16.5. The predicted molar refractivity (Wildman–Crippen MR) is 64.6 cm³/mol. The number of hydrogen-bond acceptors (Lipinski definition) is 4. The lowest BCUT2D eigenvalue weighted by Gasteiger charge is -2.35. The third-order valence-electron chi connectivity index (χ3n) is 2.98. The van der Waals surface area contributed by atoms with E-state index in [1.54, 1.807) is 4.90 Å². The lowest BCUT2D eigenvalue weighted by molar-refractivity contribution is -0.161. The van der Waals surface area contributed by atoms with Crippen LogP contribution < -0.4 is 5.46 Å². The molecule has 86 valence electrons. The van der Waals surface area contributed by atoms with Crippen molar-refractivity contribution in [1.82, 2.24) is 9.71 Å². The number of rotatable bonds is 3. The van der Waals surface area contributed by atoms with Crippen LogP contribution in [0.15, 0.2) is 30.3 Å².